The third kappa shape index (κ3) is 4.85. The van der Waals surface area contributed by atoms with E-state index in [1.807, 2.05) is 30.3 Å². The number of aryl methyl sites for hydroxylation is 1. The molecule has 0 saturated heterocycles. The highest BCUT2D eigenvalue weighted by molar-refractivity contribution is 6.00. The summed E-state index contributed by atoms with van der Waals surface area (Å²) in [7, 11) is 0. The van der Waals surface area contributed by atoms with Crippen LogP contribution in [0.2, 0.25) is 0 Å². The number of carbonyl (C=O) groups is 3. The van der Waals surface area contributed by atoms with Crippen LogP contribution in [0.1, 0.15) is 26.3 Å². The van der Waals surface area contributed by atoms with Crippen LogP contribution in [0.3, 0.4) is 0 Å². The molecule has 0 aromatic heterocycles. The van der Waals surface area contributed by atoms with Gasteiger partial charge >= 0.3 is 5.97 Å². The summed E-state index contributed by atoms with van der Waals surface area (Å²) in [5, 5.41) is 15.3. The quantitative estimate of drug-likeness (QED) is 0.279. The van der Waals surface area contributed by atoms with E-state index in [2.05, 4.69) is 5.32 Å². The SMILES string of the molecule is Cc1ccc(C(=O)COC(=O)CNC(=O)c2ccc3ccccc3c2)cc1[N+](=O)[O-]. The van der Waals surface area contributed by atoms with Gasteiger partial charge in [-0.25, -0.2) is 0 Å². The third-order valence-corrected chi connectivity index (χ3v) is 4.50. The summed E-state index contributed by atoms with van der Waals surface area (Å²) in [5.74, 6) is -1.82. The fourth-order valence-electron chi connectivity index (χ4n) is 2.85. The van der Waals surface area contributed by atoms with E-state index in [9.17, 15) is 24.5 Å². The van der Waals surface area contributed by atoms with E-state index in [1.165, 1.54) is 12.1 Å². The molecular formula is C22H18N2O6. The maximum absolute atomic E-state index is 12.2. The van der Waals surface area contributed by atoms with Gasteiger partial charge in [-0.1, -0.05) is 42.5 Å². The lowest BCUT2D eigenvalue weighted by Gasteiger charge is -2.07. The van der Waals surface area contributed by atoms with Crippen molar-refractivity contribution in [3.8, 4) is 0 Å². The highest BCUT2D eigenvalue weighted by Crippen LogP contribution is 2.19. The number of rotatable bonds is 7. The Hall–Kier alpha value is -4.07. The first-order chi connectivity index (χ1) is 14.3. The van der Waals surface area contributed by atoms with Crippen molar-refractivity contribution >= 4 is 34.1 Å². The average Bonchev–Trinajstić information content (AvgIpc) is 2.75. The molecule has 0 spiro atoms. The van der Waals surface area contributed by atoms with E-state index in [1.54, 1.807) is 19.1 Å². The zero-order chi connectivity index (χ0) is 21.7. The second kappa shape index (κ2) is 8.95. The molecule has 0 aliphatic carbocycles. The highest BCUT2D eigenvalue weighted by Gasteiger charge is 2.17. The van der Waals surface area contributed by atoms with Gasteiger partial charge < -0.3 is 10.1 Å². The molecule has 8 nitrogen and oxygen atoms in total. The number of ether oxygens (including phenoxy) is 1. The normalized spacial score (nSPS) is 10.4. The molecule has 0 radical (unpaired) electrons. The minimum atomic E-state index is -0.792. The lowest BCUT2D eigenvalue weighted by molar-refractivity contribution is -0.385. The van der Waals surface area contributed by atoms with Crippen LogP contribution in [0.15, 0.2) is 60.7 Å². The predicted octanol–water partition coefficient (Wildman–Crippen LogP) is 3.21. The number of carbonyl (C=O) groups excluding carboxylic acids is 3. The number of Topliss-reactive ketones (excluding diaryl/α,β-unsaturated/α-hetero) is 1. The van der Waals surface area contributed by atoms with Crippen LogP contribution >= 0.6 is 0 Å². The molecule has 0 unspecified atom stereocenters. The van der Waals surface area contributed by atoms with Gasteiger partial charge in [-0.3, -0.25) is 24.5 Å². The van der Waals surface area contributed by atoms with Crippen LogP contribution in [0.25, 0.3) is 10.8 Å². The van der Waals surface area contributed by atoms with Gasteiger partial charge in [-0.15, -0.1) is 0 Å². The number of nitro groups is 1. The van der Waals surface area contributed by atoms with E-state index < -0.39 is 35.7 Å². The molecule has 152 valence electrons. The standard InChI is InChI=1S/C22H18N2O6/c1-14-6-7-17(11-19(14)24(28)29)20(25)13-30-21(26)12-23-22(27)18-9-8-15-4-2-3-5-16(15)10-18/h2-11H,12-13H2,1H3,(H,23,27). The molecule has 3 aromatic carbocycles. The van der Waals surface area contributed by atoms with Gasteiger partial charge in [-0.2, -0.15) is 0 Å². The van der Waals surface area contributed by atoms with Crippen molar-refractivity contribution in [1.82, 2.24) is 5.32 Å². The Morgan fingerprint density at radius 1 is 0.967 bits per heavy atom. The van der Waals surface area contributed by atoms with Crippen LogP contribution in [0.5, 0.6) is 0 Å². The molecule has 8 heteroatoms. The molecule has 0 heterocycles. The van der Waals surface area contributed by atoms with Crippen LogP contribution in [-0.4, -0.2) is 35.7 Å². The Kier molecular flexibility index (Phi) is 6.17. The molecule has 3 rings (SSSR count). The number of benzene rings is 3. The first kappa shape index (κ1) is 20.7. The summed E-state index contributed by atoms with van der Waals surface area (Å²) in [6.45, 7) is 0.572. The van der Waals surface area contributed by atoms with Crippen molar-refractivity contribution in [2.45, 2.75) is 6.92 Å². The summed E-state index contributed by atoms with van der Waals surface area (Å²) in [5.41, 5.74) is 0.699. The van der Waals surface area contributed by atoms with Crippen molar-refractivity contribution in [3.63, 3.8) is 0 Å². The minimum Gasteiger partial charge on any atom is -0.456 e. The van der Waals surface area contributed by atoms with Crippen molar-refractivity contribution in [1.29, 1.82) is 0 Å². The topological polar surface area (TPSA) is 116 Å². The van der Waals surface area contributed by atoms with Gasteiger partial charge in [-0.05, 0) is 29.8 Å². The van der Waals surface area contributed by atoms with Crippen LogP contribution in [-0.2, 0) is 9.53 Å². The summed E-state index contributed by atoms with van der Waals surface area (Å²) in [6.07, 6.45) is 0. The zero-order valence-electron chi connectivity index (χ0n) is 16.1. The second-order valence-electron chi connectivity index (χ2n) is 6.59. The molecule has 3 aromatic rings. The minimum absolute atomic E-state index is 0.0697. The largest absolute Gasteiger partial charge is 0.456 e. The monoisotopic (exact) mass is 406 g/mol. The molecule has 30 heavy (non-hydrogen) atoms. The van der Waals surface area contributed by atoms with E-state index in [-0.39, 0.29) is 11.3 Å². The molecule has 0 bridgehead atoms. The first-order valence-electron chi connectivity index (χ1n) is 9.06. The molecule has 0 aliphatic rings. The third-order valence-electron chi connectivity index (χ3n) is 4.50. The smallest absolute Gasteiger partial charge is 0.325 e. The number of nitrogens with zero attached hydrogens (tertiary/aromatic N) is 1. The van der Waals surface area contributed by atoms with Crippen molar-refractivity contribution in [3.05, 3.63) is 87.5 Å². The fraction of sp³-hybridized carbons (Fsp3) is 0.136. The first-order valence-corrected chi connectivity index (χ1v) is 9.06. The number of nitro benzene ring substituents is 1. The number of amides is 1. The molecule has 0 saturated carbocycles. The maximum Gasteiger partial charge on any atom is 0.325 e. The molecule has 0 atom stereocenters. The summed E-state index contributed by atoms with van der Waals surface area (Å²) < 4.78 is 4.87. The molecule has 1 N–H and O–H groups in total. The number of nitrogens with one attached hydrogen (secondary N) is 1. The Labute approximate surface area is 171 Å². The fourth-order valence-corrected chi connectivity index (χ4v) is 2.85. The number of hydrogen-bond acceptors (Lipinski definition) is 6. The Morgan fingerprint density at radius 2 is 1.67 bits per heavy atom. The number of esters is 1. The van der Waals surface area contributed by atoms with E-state index in [0.29, 0.717) is 11.1 Å². The number of fused-ring (bicyclic) bond motifs is 1. The van der Waals surface area contributed by atoms with Gasteiger partial charge in [0.15, 0.2) is 6.61 Å². The maximum atomic E-state index is 12.2. The zero-order valence-corrected chi connectivity index (χ0v) is 16.1. The predicted molar refractivity (Wildman–Crippen MR) is 109 cm³/mol. The molecule has 0 aliphatic heterocycles. The van der Waals surface area contributed by atoms with Crippen LogP contribution in [0.4, 0.5) is 5.69 Å². The molecule has 0 fully saturated rings. The lowest BCUT2D eigenvalue weighted by Crippen LogP contribution is -2.31. The van der Waals surface area contributed by atoms with Crippen LogP contribution < -0.4 is 5.32 Å². The lowest BCUT2D eigenvalue weighted by atomic mass is 10.1. The second-order valence-corrected chi connectivity index (χ2v) is 6.59. The van der Waals surface area contributed by atoms with Crippen molar-refractivity contribution in [2.75, 3.05) is 13.2 Å². The van der Waals surface area contributed by atoms with Gasteiger partial charge in [0.1, 0.15) is 6.54 Å². The Balaban J connectivity index is 1.53. The number of hydrogen-bond donors (Lipinski definition) is 1. The summed E-state index contributed by atoms with van der Waals surface area (Å²) >= 11 is 0. The van der Waals surface area contributed by atoms with Crippen molar-refractivity contribution in [2.24, 2.45) is 0 Å². The van der Waals surface area contributed by atoms with Crippen molar-refractivity contribution < 1.29 is 24.0 Å². The van der Waals surface area contributed by atoms with Gasteiger partial charge in [0.25, 0.3) is 11.6 Å². The molecule has 1 amide bonds. The van der Waals surface area contributed by atoms with Crippen LogP contribution in [0, 0.1) is 17.0 Å². The van der Waals surface area contributed by atoms with Gasteiger partial charge in [0.05, 0.1) is 4.92 Å². The van der Waals surface area contributed by atoms with Gasteiger partial charge in [0, 0.05) is 22.8 Å². The van der Waals surface area contributed by atoms with E-state index in [4.69, 9.17) is 4.74 Å². The van der Waals surface area contributed by atoms with Gasteiger partial charge in [0.2, 0.25) is 5.78 Å². The summed E-state index contributed by atoms with van der Waals surface area (Å²) in [6, 6.07) is 16.8. The number of ketones is 1. The summed E-state index contributed by atoms with van der Waals surface area (Å²) in [4.78, 5) is 46.6. The Bertz CT molecular complexity index is 1160. The average molecular weight is 406 g/mol. The highest BCUT2D eigenvalue weighted by atomic mass is 16.6. The Morgan fingerprint density at radius 3 is 2.40 bits per heavy atom. The van der Waals surface area contributed by atoms with E-state index in [0.717, 1.165) is 16.8 Å². The molecular weight excluding hydrogens is 388 g/mol. The van der Waals surface area contributed by atoms with E-state index >= 15 is 0 Å².